The molecule has 5 rings (SSSR count). The van der Waals surface area contributed by atoms with Gasteiger partial charge in [0.15, 0.2) is 23.1 Å². The first-order chi connectivity index (χ1) is 20.4. The predicted molar refractivity (Wildman–Crippen MR) is 160 cm³/mol. The Labute approximate surface area is 249 Å². The molecule has 2 aromatic carbocycles. The fourth-order valence-electron chi connectivity index (χ4n) is 8.30. The molecule has 6 heteroatoms. The van der Waals surface area contributed by atoms with Crippen LogP contribution >= 0.6 is 0 Å². The monoisotopic (exact) mass is 588 g/mol. The highest BCUT2D eigenvalue weighted by molar-refractivity contribution is 5.67. The Morgan fingerprint density at radius 1 is 0.571 bits per heavy atom. The molecule has 0 heterocycles. The predicted octanol–water partition coefficient (Wildman–Crippen LogP) is 10.9. The van der Waals surface area contributed by atoms with Gasteiger partial charge in [0.05, 0.1) is 13.2 Å². The summed E-state index contributed by atoms with van der Waals surface area (Å²) in [4.78, 5) is 0. The maximum atomic E-state index is 15.0. The number of ether oxygens (including phenoxy) is 2. The van der Waals surface area contributed by atoms with Gasteiger partial charge in [0, 0.05) is 11.1 Å². The highest BCUT2D eigenvalue weighted by atomic mass is 19.2. The molecule has 232 valence electrons. The Kier molecular flexibility index (Phi) is 10.8. The SMILES string of the molecule is CCCCCC1CCC(C2CCC3CC(COc4ccc(-c5ccc(OCC)c(F)c5F)c(F)c4F)CCC3C2)CC1. The molecular formula is C36H48F4O2. The van der Waals surface area contributed by atoms with Crippen LogP contribution in [0.5, 0.6) is 11.5 Å². The molecule has 0 aliphatic heterocycles. The zero-order valence-corrected chi connectivity index (χ0v) is 25.4. The first kappa shape index (κ1) is 31.2. The van der Waals surface area contributed by atoms with Crippen molar-refractivity contribution in [2.45, 2.75) is 104 Å². The third-order valence-corrected chi connectivity index (χ3v) is 10.7. The van der Waals surface area contributed by atoms with Crippen LogP contribution in [0.4, 0.5) is 17.6 Å². The molecule has 3 saturated carbocycles. The Balaban J connectivity index is 1.11. The van der Waals surface area contributed by atoms with Crippen molar-refractivity contribution in [3.8, 4) is 22.6 Å². The minimum atomic E-state index is -1.27. The van der Waals surface area contributed by atoms with E-state index in [0.717, 1.165) is 36.5 Å². The van der Waals surface area contributed by atoms with Crippen LogP contribution in [0.15, 0.2) is 24.3 Å². The normalized spacial score (nSPS) is 27.9. The average Bonchev–Trinajstić information content (AvgIpc) is 3.01. The number of unbranched alkanes of at least 4 members (excludes halogenated alkanes) is 2. The van der Waals surface area contributed by atoms with Crippen LogP contribution in [-0.2, 0) is 0 Å². The second-order valence-corrected chi connectivity index (χ2v) is 13.3. The van der Waals surface area contributed by atoms with E-state index in [1.165, 1.54) is 101 Å². The van der Waals surface area contributed by atoms with E-state index < -0.39 is 23.3 Å². The summed E-state index contributed by atoms with van der Waals surface area (Å²) in [5.74, 6) is -0.756. The van der Waals surface area contributed by atoms with E-state index in [1.807, 2.05) is 0 Å². The number of hydrogen-bond donors (Lipinski definition) is 0. The van der Waals surface area contributed by atoms with Crippen LogP contribution in [0.3, 0.4) is 0 Å². The second-order valence-electron chi connectivity index (χ2n) is 13.3. The van der Waals surface area contributed by atoms with Crippen molar-refractivity contribution < 1.29 is 27.0 Å². The zero-order chi connectivity index (χ0) is 29.6. The molecule has 0 saturated heterocycles. The Morgan fingerprint density at radius 3 is 1.71 bits per heavy atom. The molecule has 0 N–H and O–H groups in total. The smallest absolute Gasteiger partial charge is 0.201 e. The van der Waals surface area contributed by atoms with Crippen molar-refractivity contribution in [2.75, 3.05) is 13.2 Å². The summed E-state index contributed by atoms with van der Waals surface area (Å²) in [6, 6.07) is 5.00. The summed E-state index contributed by atoms with van der Waals surface area (Å²) in [6.07, 6.45) is 18.6. The summed E-state index contributed by atoms with van der Waals surface area (Å²) in [5, 5.41) is 0. The summed E-state index contributed by atoms with van der Waals surface area (Å²) >= 11 is 0. The van der Waals surface area contributed by atoms with Gasteiger partial charge in [-0.15, -0.1) is 0 Å². The largest absolute Gasteiger partial charge is 0.491 e. The van der Waals surface area contributed by atoms with E-state index in [1.54, 1.807) is 6.92 Å². The lowest BCUT2D eigenvalue weighted by molar-refractivity contribution is 0.0477. The van der Waals surface area contributed by atoms with E-state index in [9.17, 15) is 13.2 Å². The Morgan fingerprint density at radius 2 is 1.10 bits per heavy atom. The molecule has 2 aromatic rings. The Hall–Kier alpha value is -2.24. The highest BCUT2D eigenvalue weighted by Crippen LogP contribution is 2.49. The van der Waals surface area contributed by atoms with Gasteiger partial charge in [0.25, 0.3) is 0 Å². The van der Waals surface area contributed by atoms with Crippen LogP contribution in [-0.4, -0.2) is 13.2 Å². The third-order valence-electron chi connectivity index (χ3n) is 10.7. The Bertz CT molecular complexity index is 1180. The lowest BCUT2D eigenvalue weighted by Crippen LogP contribution is -2.35. The topological polar surface area (TPSA) is 18.5 Å². The standard InChI is InChI=1S/C36H48F4O2/c1-3-5-6-7-23-8-11-25(12-9-23)27-15-14-26-20-24(10-13-28(26)21-27)22-42-32-19-17-30(34(38)36(32)40)29-16-18-31(41-4-2)35(39)33(29)37/h16-19,23-28H,3-15,20-22H2,1-2H3. The van der Waals surface area contributed by atoms with Crippen LogP contribution < -0.4 is 9.47 Å². The van der Waals surface area contributed by atoms with Gasteiger partial charge in [-0.1, -0.05) is 45.4 Å². The van der Waals surface area contributed by atoms with Gasteiger partial charge in [-0.2, -0.15) is 8.78 Å². The number of rotatable bonds is 11. The molecule has 2 nitrogen and oxygen atoms in total. The number of fused-ring (bicyclic) bond motifs is 1. The molecule has 3 aliphatic carbocycles. The quantitative estimate of drug-likeness (QED) is 0.192. The molecular weight excluding hydrogens is 540 g/mol. The number of hydrogen-bond acceptors (Lipinski definition) is 2. The first-order valence-electron chi connectivity index (χ1n) is 16.6. The summed E-state index contributed by atoms with van der Waals surface area (Å²) in [6.45, 7) is 4.44. The van der Waals surface area contributed by atoms with Crippen LogP contribution in [0.1, 0.15) is 104 Å². The third kappa shape index (κ3) is 7.10. The molecule has 0 amide bonds. The highest BCUT2D eigenvalue weighted by Gasteiger charge is 2.39. The fourth-order valence-corrected chi connectivity index (χ4v) is 8.30. The van der Waals surface area contributed by atoms with Gasteiger partial charge in [0.2, 0.25) is 11.6 Å². The van der Waals surface area contributed by atoms with Gasteiger partial charge in [-0.05, 0) is 118 Å². The van der Waals surface area contributed by atoms with Crippen LogP contribution in [0.2, 0.25) is 0 Å². The zero-order valence-electron chi connectivity index (χ0n) is 25.4. The minimum Gasteiger partial charge on any atom is -0.491 e. The van der Waals surface area contributed by atoms with E-state index in [4.69, 9.17) is 9.47 Å². The molecule has 0 radical (unpaired) electrons. The average molecular weight is 589 g/mol. The maximum absolute atomic E-state index is 15.0. The maximum Gasteiger partial charge on any atom is 0.201 e. The van der Waals surface area contributed by atoms with Crippen molar-refractivity contribution >= 4 is 0 Å². The molecule has 0 spiro atoms. The van der Waals surface area contributed by atoms with Crippen LogP contribution in [0, 0.1) is 58.8 Å². The van der Waals surface area contributed by atoms with Gasteiger partial charge >= 0.3 is 0 Å². The summed E-state index contributed by atoms with van der Waals surface area (Å²) < 4.78 is 69.8. The van der Waals surface area contributed by atoms with Crippen LogP contribution in [0.25, 0.3) is 11.1 Å². The van der Waals surface area contributed by atoms with Crippen molar-refractivity contribution in [3.63, 3.8) is 0 Å². The molecule has 3 aliphatic rings. The molecule has 42 heavy (non-hydrogen) atoms. The lowest BCUT2D eigenvalue weighted by Gasteiger charge is -2.45. The van der Waals surface area contributed by atoms with Crippen molar-refractivity contribution in [1.82, 2.24) is 0 Å². The van der Waals surface area contributed by atoms with Gasteiger partial charge in [0.1, 0.15) is 0 Å². The van der Waals surface area contributed by atoms with Gasteiger partial charge in [-0.3, -0.25) is 0 Å². The minimum absolute atomic E-state index is 0.160. The van der Waals surface area contributed by atoms with Crippen molar-refractivity contribution in [1.29, 1.82) is 0 Å². The summed E-state index contributed by atoms with van der Waals surface area (Å²) in [7, 11) is 0. The van der Waals surface area contributed by atoms with E-state index in [-0.39, 0.29) is 29.2 Å². The molecule has 4 unspecified atom stereocenters. The van der Waals surface area contributed by atoms with Crippen molar-refractivity contribution in [3.05, 3.63) is 47.5 Å². The fraction of sp³-hybridized carbons (Fsp3) is 0.667. The van der Waals surface area contributed by atoms with Crippen molar-refractivity contribution in [2.24, 2.45) is 35.5 Å². The first-order valence-corrected chi connectivity index (χ1v) is 16.6. The lowest BCUT2D eigenvalue weighted by atomic mass is 9.61. The van der Waals surface area contributed by atoms with Gasteiger partial charge in [-0.25, -0.2) is 8.78 Å². The van der Waals surface area contributed by atoms with E-state index in [2.05, 4.69) is 6.92 Å². The summed E-state index contributed by atoms with van der Waals surface area (Å²) in [5.41, 5.74) is -0.700. The number of benzene rings is 2. The second kappa shape index (κ2) is 14.5. The van der Waals surface area contributed by atoms with E-state index >= 15 is 4.39 Å². The van der Waals surface area contributed by atoms with E-state index in [0.29, 0.717) is 18.4 Å². The molecule has 0 aromatic heterocycles. The number of halogens is 4. The van der Waals surface area contributed by atoms with Gasteiger partial charge < -0.3 is 9.47 Å². The molecule has 4 atom stereocenters. The molecule has 0 bridgehead atoms. The molecule has 3 fully saturated rings.